The second-order valence-electron chi connectivity index (χ2n) is 11.7. The number of halogens is 1. The van der Waals surface area contributed by atoms with Gasteiger partial charge < -0.3 is 0 Å². The summed E-state index contributed by atoms with van der Waals surface area (Å²) in [5, 5.41) is 6.66. The Kier molecular flexibility index (Phi) is 45.3. The molecule has 0 saturated carbocycles. The van der Waals surface area contributed by atoms with Crippen molar-refractivity contribution in [3.05, 3.63) is 43.2 Å². The van der Waals surface area contributed by atoms with Crippen LogP contribution in [0.3, 0.4) is 0 Å². The van der Waals surface area contributed by atoms with Crippen LogP contribution in [-0.2, 0) is 12.8 Å². The van der Waals surface area contributed by atoms with E-state index in [0.717, 1.165) is 0 Å². The number of thiol groups is 1. The second kappa shape index (κ2) is 41.1. The van der Waals surface area contributed by atoms with Crippen LogP contribution >= 0.6 is 51.4 Å². The molecule has 257 valence electrons. The van der Waals surface area contributed by atoms with Gasteiger partial charge in [0.1, 0.15) is 0 Å². The third kappa shape index (κ3) is 35.0. The molecule has 1 radical (unpaired) electrons. The van der Waals surface area contributed by atoms with Gasteiger partial charge in [-0.2, -0.15) is 11.3 Å². The van der Waals surface area contributed by atoms with E-state index in [9.17, 15) is 0 Å². The fraction of sp³-hybridized carbons (Fsp3) is 0.789. The molecule has 0 amide bonds. The molecule has 0 saturated heterocycles. The number of thiophene rings is 2. The molecule has 0 unspecified atom stereocenters. The Labute approximate surface area is 300 Å². The van der Waals surface area contributed by atoms with Crippen molar-refractivity contribution in [2.75, 3.05) is 0 Å². The summed E-state index contributed by atoms with van der Waals surface area (Å²) in [5.41, 5.74) is 3.04. The van der Waals surface area contributed by atoms with Crippen LogP contribution in [-0.4, -0.2) is 7.64 Å². The number of aryl methyl sites for hydroxylation is 2. The maximum atomic E-state index is 4.34. The molecule has 0 aliphatic heterocycles. The molecule has 0 spiro atoms. The van der Waals surface area contributed by atoms with E-state index in [1.807, 2.05) is 11.3 Å². The zero-order valence-corrected chi connectivity index (χ0v) is 31.6. The third-order valence-electron chi connectivity index (χ3n) is 7.89. The SMILES string of the molecule is C.C.CCCCCCCCCCCCCCc1ccsc1.CCCCCCCCCCCCCCc1ccsc1Br.[B]=NS. The van der Waals surface area contributed by atoms with Gasteiger partial charge in [-0.1, -0.05) is 170 Å². The molecule has 0 aromatic carbocycles. The Morgan fingerprint density at radius 1 is 0.591 bits per heavy atom. The summed E-state index contributed by atoms with van der Waals surface area (Å²) in [6.07, 6.45) is 37.0. The molecule has 2 heterocycles. The average molecular weight is 730 g/mol. The van der Waals surface area contributed by atoms with Crippen LogP contribution in [0.5, 0.6) is 0 Å². The van der Waals surface area contributed by atoms with Crippen LogP contribution in [0.2, 0.25) is 0 Å². The Hall–Kier alpha value is 0.0949. The van der Waals surface area contributed by atoms with Crippen LogP contribution in [0.1, 0.15) is 194 Å². The molecular weight excluding hydrogens is 657 g/mol. The maximum absolute atomic E-state index is 4.34. The number of hydrogen-bond donors (Lipinski definition) is 1. The predicted molar refractivity (Wildman–Crippen MR) is 217 cm³/mol. The van der Waals surface area contributed by atoms with Gasteiger partial charge in [0.25, 0.3) is 0 Å². The average Bonchev–Trinajstić information content (AvgIpc) is 3.67. The summed E-state index contributed by atoms with van der Waals surface area (Å²) in [7, 11) is 4.34. The van der Waals surface area contributed by atoms with Crippen molar-refractivity contribution in [2.24, 2.45) is 4.30 Å². The molecule has 2 aromatic rings. The first-order chi connectivity index (χ1) is 20.7. The summed E-state index contributed by atoms with van der Waals surface area (Å²) in [6, 6.07) is 4.52. The molecule has 2 aromatic heterocycles. The molecule has 0 aliphatic carbocycles. The summed E-state index contributed by atoms with van der Waals surface area (Å²) in [6.45, 7) is 4.58. The summed E-state index contributed by atoms with van der Waals surface area (Å²) < 4.78 is 4.03. The molecule has 6 heteroatoms. The standard InChI is InChI=1S/C18H31BrS.C18H32S.2CH4.BHNS/c1-2-3-4-5-6-7-8-9-10-11-12-13-14-17-15-16-20-18(17)19;1-2-3-4-5-6-7-8-9-10-11-12-13-14-18-15-16-19-17-18;;;1-2-3/h15-16H,2-14H2,1H3;15-17H,2-14H2,1H3;2*1H4;3H. The molecule has 0 bridgehead atoms. The Morgan fingerprint density at radius 2 is 0.955 bits per heavy atom. The summed E-state index contributed by atoms with van der Waals surface area (Å²) >= 11 is 10.4. The van der Waals surface area contributed by atoms with E-state index in [1.165, 1.54) is 182 Å². The van der Waals surface area contributed by atoms with Crippen molar-refractivity contribution in [1.82, 2.24) is 0 Å². The van der Waals surface area contributed by atoms with Crippen LogP contribution in [0, 0.1) is 0 Å². The Balaban J connectivity index is -0.000000673. The normalized spacial score (nSPS) is 10.1. The van der Waals surface area contributed by atoms with Crippen molar-refractivity contribution in [3.63, 3.8) is 0 Å². The van der Waals surface area contributed by atoms with E-state index in [0.29, 0.717) is 0 Å². The van der Waals surface area contributed by atoms with Gasteiger partial charge in [-0.25, -0.2) is 0 Å². The van der Waals surface area contributed by atoms with Gasteiger partial charge in [0.05, 0.1) is 3.79 Å². The second-order valence-corrected chi connectivity index (χ2v) is 15.0. The molecule has 44 heavy (non-hydrogen) atoms. The van der Waals surface area contributed by atoms with Gasteiger partial charge >= 0.3 is 24.8 Å². The molecule has 1 nitrogen and oxygen atoms in total. The van der Waals surface area contributed by atoms with Crippen LogP contribution in [0.25, 0.3) is 0 Å². The van der Waals surface area contributed by atoms with Gasteiger partial charge in [-0.15, -0.1) is 11.3 Å². The van der Waals surface area contributed by atoms with Crippen molar-refractivity contribution in [1.29, 1.82) is 0 Å². The fourth-order valence-electron chi connectivity index (χ4n) is 5.26. The van der Waals surface area contributed by atoms with E-state index >= 15 is 0 Å². The van der Waals surface area contributed by atoms with Gasteiger partial charge in [-0.3, -0.25) is 0 Å². The molecular formula is C38H72BBrNS3. The van der Waals surface area contributed by atoms with Gasteiger partial charge in [0.15, 0.2) is 0 Å². The zero-order valence-electron chi connectivity index (χ0n) is 27.4. The van der Waals surface area contributed by atoms with Crippen molar-refractivity contribution < 1.29 is 0 Å². The van der Waals surface area contributed by atoms with E-state index < -0.39 is 0 Å². The first-order valence-electron chi connectivity index (χ1n) is 17.5. The van der Waals surface area contributed by atoms with Crippen LogP contribution in [0.15, 0.2) is 36.4 Å². The molecule has 2 rings (SSSR count). The predicted octanol–water partition coefficient (Wildman–Crippen LogP) is 16.2. The Morgan fingerprint density at radius 3 is 1.27 bits per heavy atom. The zero-order chi connectivity index (χ0) is 30.8. The van der Waals surface area contributed by atoms with E-state index in [-0.39, 0.29) is 14.9 Å². The minimum absolute atomic E-state index is 0. The van der Waals surface area contributed by atoms with Crippen LogP contribution < -0.4 is 0 Å². The van der Waals surface area contributed by atoms with E-state index in [1.54, 1.807) is 11.3 Å². The van der Waals surface area contributed by atoms with Crippen LogP contribution in [0.4, 0.5) is 0 Å². The van der Waals surface area contributed by atoms with Gasteiger partial charge in [-0.05, 0) is 81.0 Å². The molecule has 0 atom stereocenters. The number of unbranched alkanes of at least 4 members (excludes halogenated alkanes) is 22. The molecule has 0 N–H and O–H groups in total. The first kappa shape index (κ1) is 48.5. The number of hydrogen-bond acceptors (Lipinski definition) is 4. The fourth-order valence-corrected chi connectivity index (χ4v) is 7.29. The quantitative estimate of drug-likeness (QED) is 0.0562. The van der Waals surface area contributed by atoms with Gasteiger partial charge in [0, 0.05) is 0 Å². The van der Waals surface area contributed by atoms with E-state index in [2.05, 4.69) is 82.8 Å². The monoisotopic (exact) mass is 728 g/mol. The number of rotatable bonds is 26. The molecule has 0 aliphatic rings. The summed E-state index contributed by atoms with van der Waals surface area (Å²) in [4.78, 5) is 0. The number of nitrogens with zero attached hydrogens (tertiary/aromatic N) is 1. The molecule has 0 fully saturated rings. The summed E-state index contributed by atoms with van der Waals surface area (Å²) in [5.74, 6) is 0. The third-order valence-corrected chi connectivity index (χ3v) is 10.4. The Bertz CT molecular complexity index is 766. The van der Waals surface area contributed by atoms with Crippen molar-refractivity contribution in [2.45, 2.75) is 196 Å². The van der Waals surface area contributed by atoms with Crippen molar-refractivity contribution in [3.8, 4) is 0 Å². The van der Waals surface area contributed by atoms with E-state index in [4.69, 9.17) is 0 Å². The minimum atomic E-state index is 0. The van der Waals surface area contributed by atoms with Crippen molar-refractivity contribution >= 4 is 59.1 Å². The van der Waals surface area contributed by atoms with Gasteiger partial charge in [0.2, 0.25) is 0 Å². The first-order valence-corrected chi connectivity index (χ1v) is 20.5. The topological polar surface area (TPSA) is 12.4 Å².